The molecule has 4 nitrogen and oxygen atoms in total. The van der Waals surface area contributed by atoms with E-state index >= 15 is 0 Å². The summed E-state index contributed by atoms with van der Waals surface area (Å²) in [5.74, 6) is -0.904. The summed E-state index contributed by atoms with van der Waals surface area (Å²) in [5.41, 5.74) is -0.180. The zero-order chi connectivity index (χ0) is 13.0. The highest BCUT2D eigenvalue weighted by Gasteiger charge is 2.18. The van der Waals surface area contributed by atoms with Gasteiger partial charge in [-0.25, -0.2) is 9.18 Å². The van der Waals surface area contributed by atoms with Crippen molar-refractivity contribution in [2.75, 3.05) is 14.2 Å². The molecule has 0 atom stereocenters. The van der Waals surface area contributed by atoms with Crippen LogP contribution in [0.15, 0.2) is 12.1 Å². The average molecular weight is 242 g/mol. The van der Waals surface area contributed by atoms with E-state index in [1.54, 1.807) is 0 Å². The van der Waals surface area contributed by atoms with Gasteiger partial charge in [-0.3, -0.25) is 0 Å². The van der Waals surface area contributed by atoms with E-state index in [4.69, 9.17) is 9.47 Å². The van der Waals surface area contributed by atoms with Crippen molar-refractivity contribution in [2.24, 2.45) is 0 Å². The van der Waals surface area contributed by atoms with E-state index in [0.717, 1.165) is 6.07 Å². The lowest BCUT2D eigenvalue weighted by molar-refractivity contribution is 0.0595. The number of halogens is 1. The van der Waals surface area contributed by atoms with E-state index in [9.17, 15) is 9.18 Å². The minimum atomic E-state index is -0.753. The molecule has 1 rings (SSSR count). The maximum atomic E-state index is 13.6. The Kier molecular flexibility index (Phi) is 4.31. The third-order valence-electron chi connectivity index (χ3n) is 2.02. The zero-order valence-corrected chi connectivity index (χ0v) is 10.2. The largest absolute Gasteiger partial charge is 0.493 e. The van der Waals surface area contributed by atoms with Crippen LogP contribution in [0.5, 0.6) is 11.5 Å². The SMILES string of the molecule is COC(=O)c1cc(OC)c(OC(C)C)cc1F. The molecule has 0 unspecified atom stereocenters. The number of hydrogen-bond acceptors (Lipinski definition) is 4. The van der Waals surface area contributed by atoms with Crippen LogP contribution in [0.2, 0.25) is 0 Å². The smallest absolute Gasteiger partial charge is 0.340 e. The first-order valence-electron chi connectivity index (χ1n) is 5.12. The minimum Gasteiger partial charge on any atom is -0.493 e. The van der Waals surface area contributed by atoms with Gasteiger partial charge in [0.1, 0.15) is 5.82 Å². The van der Waals surface area contributed by atoms with E-state index < -0.39 is 11.8 Å². The van der Waals surface area contributed by atoms with Crippen molar-refractivity contribution in [3.05, 3.63) is 23.5 Å². The van der Waals surface area contributed by atoms with E-state index in [1.807, 2.05) is 13.8 Å². The minimum absolute atomic E-state index is 0.118. The van der Waals surface area contributed by atoms with Crippen LogP contribution in [0.4, 0.5) is 4.39 Å². The quantitative estimate of drug-likeness (QED) is 0.760. The monoisotopic (exact) mass is 242 g/mol. The summed E-state index contributed by atoms with van der Waals surface area (Å²) >= 11 is 0. The van der Waals surface area contributed by atoms with Crippen LogP contribution in [0, 0.1) is 5.82 Å². The van der Waals surface area contributed by atoms with Crippen molar-refractivity contribution >= 4 is 5.97 Å². The predicted molar refractivity (Wildman–Crippen MR) is 60.1 cm³/mol. The fraction of sp³-hybridized carbons (Fsp3) is 0.417. The molecule has 0 radical (unpaired) electrons. The molecule has 0 spiro atoms. The van der Waals surface area contributed by atoms with Crippen LogP contribution < -0.4 is 9.47 Å². The van der Waals surface area contributed by atoms with Crippen molar-refractivity contribution in [1.82, 2.24) is 0 Å². The molecule has 1 aromatic carbocycles. The second-order valence-corrected chi connectivity index (χ2v) is 3.64. The first-order valence-corrected chi connectivity index (χ1v) is 5.12. The number of methoxy groups -OCH3 is 2. The van der Waals surface area contributed by atoms with Gasteiger partial charge in [-0.15, -0.1) is 0 Å². The summed E-state index contributed by atoms with van der Waals surface area (Å²) < 4.78 is 28.5. The predicted octanol–water partition coefficient (Wildman–Crippen LogP) is 2.41. The van der Waals surface area contributed by atoms with E-state index in [0.29, 0.717) is 5.75 Å². The van der Waals surface area contributed by atoms with Gasteiger partial charge < -0.3 is 14.2 Å². The fourth-order valence-electron chi connectivity index (χ4n) is 1.31. The molecule has 0 aromatic heterocycles. The average Bonchev–Trinajstić information content (AvgIpc) is 2.27. The Labute approximate surface area is 99.3 Å². The van der Waals surface area contributed by atoms with E-state index in [-0.39, 0.29) is 17.4 Å². The number of rotatable bonds is 4. The van der Waals surface area contributed by atoms with Crippen molar-refractivity contribution in [3.8, 4) is 11.5 Å². The third kappa shape index (κ3) is 3.09. The molecule has 17 heavy (non-hydrogen) atoms. The van der Waals surface area contributed by atoms with Crippen molar-refractivity contribution in [1.29, 1.82) is 0 Å². The van der Waals surface area contributed by atoms with Crippen LogP contribution >= 0.6 is 0 Å². The second kappa shape index (κ2) is 5.52. The molecule has 94 valence electrons. The van der Waals surface area contributed by atoms with Gasteiger partial charge in [-0.1, -0.05) is 0 Å². The van der Waals surface area contributed by atoms with Crippen molar-refractivity contribution in [3.63, 3.8) is 0 Å². The molecular weight excluding hydrogens is 227 g/mol. The number of carbonyl (C=O) groups excluding carboxylic acids is 1. The Bertz CT molecular complexity index is 415. The molecule has 5 heteroatoms. The van der Waals surface area contributed by atoms with Gasteiger partial charge in [-0.05, 0) is 13.8 Å². The Morgan fingerprint density at radius 2 is 1.88 bits per heavy atom. The number of esters is 1. The molecule has 1 aromatic rings. The first kappa shape index (κ1) is 13.3. The van der Waals surface area contributed by atoms with Crippen molar-refractivity contribution in [2.45, 2.75) is 20.0 Å². The normalized spacial score (nSPS) is 10.2. The molecular formula is C12H15FO4. The van der Waals surface area contributed by atoms with Gasteiger partial charge in [0.15, 0.2) is 11.5 Å². The van der Waals surface area contributed by atoms with Crippen LogP contribution in [0.25, 0.3) is 0 Å². The summed E-state index contributed by atoms with van der Waals surface area (Å²) in [6.45, 7) is 3.62. The highest BCUT2D eigenvalue weighted by Crippen LogP contribution is 2.31. The Hall–Kier alpha value is -1.78. The van der Waals surface area contributed by atoms with Crippen LogP contribution in [0.3, 0.4) is 0 Å². The lowest BCUT2D eigenvalue weighted by atomic mass is 10.2. The maximum absolute atomic E-state index is 13.6. The van der Waals surface area contributed by atoms with Gasteiger partial charge >= 0.3 is 5.97 Å². The van der Waals surface area contributed by atoms with Gasteiger partial charge in [-0.2, -0.15) is 0 Å². The molecule has 0 heterocycles. The number of hydrogen-bond donors (Lipinski definition) is 0. The molecule has 0 aliphatic carbocycles. The standard InChI is InChI=1S/C12H15FO4/c1-7(2)17-11-6-9(13)8(12(14)16-4)5-10(11)15-3/h5-7H,1-4H3. The van der Waals surface area contributed by atoms with E-state index in [2.05, 4.69) is 4.74 Å². The van der Waals surface area contributed by atoms with Gasteiger partial charge in [0.25, 0.3) is 0 Å². The molecule has 0 N–H and O–H groups in total. The highest BCUT2D eigenvalue weighted by molar-refractivity contribution is 5.90. The molecule has 0 aliphatic heterocycles. The number of benzene rings is 1. The number of ether oxygens (including phenoxy) is 3. The molecule has 0 bridgehead atoms. The highest BCUT2D eigenvalue weighted by atomic mass is 19.1. The van der Waals surface area contributed by atoms with Crippen LogP contribution in [0.1, 0.15) is 24.2 Å². The third-order valence-corrected chi connectivity index (χ3v) is 2.02. The molecule has 0 saturated heterocycles. The summed E-state index contributed by atoms with van der Waals surface area (Å²) in [5, 5.41) is 0. The summed E-state index contributed by atoms with van der Waals surface area (Å²) in [4.78, 5) is 11.3. The summed E-state index contributed by atoms with van der Waals surface area (Å²) in [6.07, 6.45) is -0.118. The Balaban J connectivity index is 3.19. The molecule has 0 saturated carbocycles. The summed E-state index contributed by atoms with van der Waals surface area (Å²) in [6, 6.07) is 2.38. The van der Waals surface area contributed by atoms with Crippen molar-refractivity contribution < 1.29 is 23.4 Å². The lowest BCUT2D eigenvalue weighted by Gasteiger charge is -2.14. The van der Waals surface area contributed by atoms with Gasteiger partial charge in [0.05, 0.1) is 25.9 Å². The Morgan fingerprint density at radius 3 is 2.35 bits per heavy atom. The Morgan fingerprint density at radius 1 is 1.24 bits per heavy atom. The molecule has 0 fully saturated rings. The summed E-state index contributed by atoms with van der Waals surface area (Å²) in [7, 11) is 2.61. The molecule has 0 amide bonds. The van der Waals surface area contributed by atoms with Gasteiger partial charge in [0, 0.05) is 12.1 Å². The maximum Gasteiger partial charge on any atom is 0.340 e. The van der Waals surface area contributed by atoms with Crippen LogP contribution in [-0.4, -0.2) is 26.3 Å². The van der Waals surface area contributed by atoms with E-state index in [1.165, 1.54) is 20.3 Å². The van der Waals surface area contributed by atoms with Crippen LogP contribution in [-0.2, 0) is 4.74 Å². The lowest BCUT2D eigenvalue weighted by Crippen LogP contribution is -2.10. The molecule has 0 aliphatic rings. The topological polar surface area (TPSA) is 44.8 Å². The fourth-order valence-corrected chi connectivity index (χ4v) is 1.31. The zero-order valence-electron chi connectivity index (χ0n) is 10.2. The first-order chi connectivity index (χ1) is 7.99. The second-order valence-electron chi connectivity index (χ2n) is 3.64. The van der Waals surface area contributed by atoms with Gasteiger partial charge in [0.2, 0.25) is 0 Å². The number of carbonyl (C=O) groups is 1.